The van der Waals surface area contributed by atoms with E-state index in [1.807, 2.05) is 20.2 Å². The van der Waals surface area contributed by atoms with Gasteiger partial charge >= 0.3 is 0 Å². The van der Waals surface area contributed by atoms with Crippen LogP contribution in [0.15, 0.2) is 67.0 Å². The van der Waals surface area contributed by atoms with Gasteiger partial charge in [0.2, 0.25) is 0 Å². The van der Waals surface area contributed by atoms with Crippen molar-refractivity contribution < 1.29 is 24.3 Å². The van der Waals surface area contributed by atoms with Crippen molar-refractivity contribution in [1.82, 2.24) is 9.88 Å². The molecule has 2 aromatic rings. The van der Waals surface area contributed by atoms with E-state index >= 15 is 0 Å². The third-order valence-electron chi connectivity index (χ3n) is 5.11. The van der Waals surface area contributed by atoms with E-state index in [0.29, 0.717) is 30.0 Å². The van der Waals surface area contributed by atoms with Gasteiger partial charge in [-0.3, -0.25) is 14.6 Å². The van der Waals surface area contributed by atoms with Gasteiger partial charge in [-0.25, -0.2) is 0 Å². The Balaban J connectivity index is 2.00. The molecule has 1 aromatic carbocycles. The highest BCUT2D eigenvalue weighted by Gasteiger charge is 2.45. The molecule has 1 atom stereocenters. The Morgan fingerprint density at radius 3 is 2.61 bits per heavy atom. The van der Waals surface area contributed by atoms with Crippen LogP contribution in [0.5, 0.6) is 5.75 Å². The van der Waals surface area contributed by atoms with E-state index in [-0.39, 0.29) is 11.3 Å². The number of aliphatic hydroxyl groups is 1. The summed E-state index contributed by atoms with van der Waals surface area (Å²) in [6.45, 7) is 5.25. The molecule has 1 amide bonds. The number of ether oxygens (including phenoxy) is 1. The first kappa shape index (κ1) is 22.2. The SMILES string of the molecule is C=CCOc1ccc(C(O)=C2C(=O)C(=O)N(CCC[NH+](C)C)[C@@H]2c2cccnc2)cc1. The number of likely N-dealkylation sites (tertiary alicyclic amines) is 1. The summed E-state index contributed by atoms with van der Waals surface area (Å²) < 4.78 is 5.47. The number of pyridine rings is 1. The first-order valence-corrected chi connectivity index (χ1v) is 10.3. The number of quaternary nitrogens is 1. The summed E-state index contributed by atoms with van der Waals surface area (Å²) >= 11 is 0. The Morgan fingerprint density at radius 2 is 2.00 bits per heavy atom. The number of hydrogen-bond acceptors (Lipinski definition) is 5. The molecule has 162 valence electrons. The van der Waals surface area contributed by atoms with Crippen molar-refractivity contribution >= 4 is 17.4 Å². The third kappa shape index (κ3) is 5.00. The van der Waals surface area contributed by atoms with Gasteiger partial charge < -0.3 is 19.6 Å². The summed E-state index contributed by atoms with van der Waals surface area (Å²) in [6.07, 6.45) is 5.63. The average Bonchev–Trinajstić information content (AvgIpc) is 3.03. The molecular weight excluding hydrogens is 394 g/mol. The molecule has 31 heavy (non-hydrogen) atoms. The minimum absolute atomic E-state index is 0.0787. The zero-order chi connectivity index (χ0) is 22.4. The van der Waals surface area contributed by atoms with Crippen molar-refractivity contribution in [3.63, 3.8) is 0 Å². The normalized spacial score (nSPS) is 17.9. The van der Waals surface area contributed by atoms with Gasteiger partial charge in [0, 0.05) is 30.9 Å². The Hall–Kier alpha value is -3.45. The maximum Gasteiger partial charge on any atom is 0.295 e. The maximum atomic E-state index is 12.9. The van der Waals surface area contributed by atoms with Crippen LogP contribution in [0, 0.1) is 0 Å². The van der Waals surface area contributed by atoms with Crippen LogP contribution in [0.25, 0.3) is 5.76 Å². The van der Waals surface area contributed by atoms with Crippen LogP contribution in [-0.4, -0.2) is 60.5 Å². The van der Waals surface area contributed by atoms with E-state index in [1.54, 1.807) is 48.8 Å². The number of benzene rings is 1. The summed E-state index contributed by atoms with van der Waals surface area (Å²) in [6, 6.07) is 9.62. The summed E-state index contributed by atoms with van der Waals surface area (Å²) in [5.41, 5.74) is 1.21. The number of nitrogens with one attached hydrogen (secondary N) is 1. The van der Waals surface area contributed by atoms with Gasteiger partial charge in [-0.05, 0) is 35.9 Å². The molecule has 2 N–H and O–H groups in total. The van der Waals surface area contributed by atoms with Crippen LogP contribution in [-0.2, 0) is 9.59 Å². The van der Waals surface area contributed by atoms with Gasteiger partial charge in [0.15, 0.2) is 0 Å². The summed E-state index contributed by atoms with van der Waals surface area (Å²) in [7, 11) is 4.07. The Labute approximate surface area is 182 Å². The van der Waals surface area contributed by atoms with E-state index in [0.717, 1.165) is 13.0 Å². The first-order chi connectivity index (χ1) is 14.9. The fraction of sp³-hybridized carbons (Fsp3) is 0.292. The highest BCUT2D eigenvalue weighted by molar-refractivity contribution is 6.46. The number of carbonyl (C=O) groups excluding carboxylic acids is 2. The van der Waals surface area contributed by atoms with Crippen molar-refractivity contribution in [3.8, 4) is 5.75 Å². The molecule has 3 rings (SSSR count). The Kier molecular flexibility index (Phi) is 7.20. The number of amides is 1. The number of Topliss-reactive ketones (excluding diaryl/α,β-unsaturated/α-hetero) is 1. The lowest BCUT2D eigenvalue weighted by molar-refractivity contribution is -0.858. The van der Waals surface area contributed by atoms with Crippen molar-refractivity contribution in [1.29, 1.82) is 0 Å². The highest BCUT2D eigenvalue weighted by atomic mass is 16.5. The molecule has 0 aliphatic carbocycles. The van der Waals surface area contributed by atoms with Gasteiger partial charge in [-0.2, -0.15) is 0 Å². The summed E-state index contributed by atoms with van der Waals surface area (Å²) in [4.78, 5) is 32.7. The van der Waals surface area contributed by atoms with Crippen LogP contribution in [0.1, 0.15) is 23.6 Å². The maximum absolute atomic E-state index is 12.9. The van der Waals surface area contributed by atoms with Crippen molar-refractivity contribution in [2.75, 3.05) is 33.8 Å². The Morgan fingerprint density at radius 1 is 1.26 bits per heavy atom. The zero-order valence-electron chi connectivity index (χ0n) is 17.9. The van der Waals surface area contributed by atoms with E-state index < -0.39 is 17.7 Å². The standard InChI is InChI=1S/C24H27N3O4/c1-4-15-31-19-10-8-17(9-11-19)22(28)20-21(18-7-5-12-25-16-18)27(24(30)23(20)29)14-6-13-26(2)3/h4-5,7-12,16,21,28H,1,6,13-15H2,2-3H3/p+1/t21-/m1/s1. The molecule has 1 fully saturated rings. The minimum atomic E-state index is -0.685. The van der Waals surface area contributed by atoms with Crippen molar-refractivity contribution in [2.24, 2.45) is 0 Å². The van der Waals surface area contributed by atoms with E-state index in [2.05, 4.69) is 11.6 Å². The van der Waals surface area contributed by atoms with Gasteiger partial charge in [-0.1, -0.05) is 18.7 Å². The molecule has 0 radical (unpaired) electrons. The molecule has 1 saturated heterocycles. The molecular formula is C24H28N3O4+. The first-order valence-electron chi connectivity index (χ1n) is 10.3. The van der Waals surface area contributed by atoms with Crippen molar-refractivity contribution in [3.05, 3.63) is 78.1 Å². The van der Waals surface area contributed by atoms with Gasteiger partial charge in [0.05, 0.1) is 32.3 Å². The number of carbonyl (C=O) groups is 2. The average molecular weight is 423 g/mol. The van der Waals surface area contributed by atoms with Crippen LogP contribution >= 0.6 is 0 Å². The zero-order valence-corrected chi connectivity index (χ0v) is 17.9. The molecule has 0 unspecified atom stereocenters. The van der Waals surface area contributed by atoms with Crippen LogP contribution in [0.4, 0.5) is 0 Å². The number of aliphatic hydroxyl groups excluding tert-OH is 1. The molecule has 1 aliphatic rings. The third-order valence-corrected chi connectivity index (χ3v) is 5.11. The lowest BCUT2D eigenvalue weighted by Gasteiger charge is -2.25. The largest absolute Gasteiger partial charge is 0.507 e. The number of hydrogen-bond donors (Lipinski definition) is 2. The van der Waals surface area contributed by atoms with Crippen LogP contribution in [0.3, 0.4) is 0 Å². The van der Waals surface area contributed by atoms with Crippen LogP contribution in [0.2, 0.25) is 0 Å². The fourth-order valence-electron chi connectivity index (χ4n) is 3.62. The molecule has 1 aromatic heterocycles. The second-order valence-corrected chi connectivity index (χ2v) is 7.71. The summed E-state index contributed by atoms with van der Waals surface area (Å²) in [5, 5.41) is 11.0. The molecule has 0 spiro atoms. The molecule has 0 saturated carbocycles. The topological polar surface area (TPSA) is 84.2 Å². The summed E-state index contributed by atoms with van der Waals surface area (Å²) in [5.74, 6) is -0.874. The van der Waals surface area contributed by atoms with E-state index in [4.69, 9.17) is 4.74 Å². The van der Waals surface area contributed by atoms with Gasteiger partial charge in [-0.15, -0.1) is 0 Å². The highest BCUT2D eigenvalue weighted by Crippen LogP contribution is 2.39. The number of aromatic nitrogens is 1. The smallest absolute Gasteiger partial charge is 0.295 e. The van der Waals surface area contributed by atoms with Crippen LogP contribution < -0.4 is 9.64 Å². The van der Waals surface area contributed by atoms with E-state index in [9.17, 15) is 14.7 Å². The quantitative estimate of drug-likeness (QED) is 0.278. The molecule has 2 heterocycles. The van der Waals surface area contributed by atoms with Gasteiger partial charge in [0.1, 0.15) is 18.1 Å². The Bertz CT molecular complexity index is 968. The van der Waals surface area contributed by atoms with E-state index in [1.165, 1.54) is 9.80 Å². The minimum Gasteiger partial charge on any atom is -0.507 e. The van der Waals surface area contributed by atoms with Gasteiger partial charge in [0.25, 0.3) is 11.7 Å². The number of nitrogens with zero attached hydrogens (tertiary/aromatic N) is 2. The molecule has 1 aliphatic heterocycles. The molecule has 7 nitrogen and oxygen atoms in total. The fourth-order valence-corrected chi connectivity index (χ4v) is 3.62. The lowest BCUT2D eigenvalue weighted by Crippen LogP contribution is -3.05. The van der Waals surface area contributed by atoms with Crippen molar-refractivity contribution in [2.45, 2.75) is 12.5 Å². The number of ketones is 1. The number of rotatable bonds is 9. The predicted molar refractivity (Wildman–Crippen MR) is 118 cm³/mol. The monoisotopic (exact) mass is 422 g/mol. The molecule has 0 bridgehead atoms. The molecule has 7 heteroatoms. The second kappa shape index (κ2) is 10.0. The second-order valence-electron chi connectivity index (χ2n) is 7.71. The predicted octanol–water partition coefficient (Wildman–Crippen LogP) is 1.60. The lowest BCUT2D eigenvalue weighted by atomic mass is 9.96.